The van der Waals surface area contributed by atoms with Gasteiger partial charge in [-0.05, 0) is 60.2 Å². The van der Waals surface area contributed by atoms with Crippen LogP contribution in [0.25, 0.3) is 10.8 Å². The highest BCUT2D eigenvalue weighted by molar-refractivity contribution is 6.04. The highest BCUT2D eigenvalue weighted by atomic mass is 16.7. The van der Waals surface area contributed by atoms with Gasteiger partial charge >= 0.3 is 18.2 Å². The number of aryl methyl sites for hydroxylation is 1. The van der Waals surface area contributed by atoms with Crippen LogP contribution in [0.1, 0.15) is 21.5 Å². The Morgan fingerprint density at radius 3 is 1.98 bits per heavy atom. The van der Waals surface area contributed by atoms with E-state index >= 15 is 0 Å². The number of para-hydroxylation sites is 2. The lowest BCUT2D eigenvalue weighted by Crippen LogP contribution is -2.40. The number of hydrogen-bond donors (Lipinski definition) is 1. The highest BCUT2D eigenvalue weighted by Gasteiger charge is 2.23. The Morgan fingerprint density at radius 1 is 0.725 bits per heavy atom. The van der Waals surface area contributed by atoms with Crippen LogP contribution in [-0.4, -0.2) is 24.4 Å². The van der Waals surface area contributed by atoms with Gasteiger partial charge in [-0.25, -0.2) is 10.2 Å². The number of fused-ring (bicyclic) bond motifs is 1. The van der Waals surface area contributed by atoms with Gasteiger partial charge in [-0.15, -0.1) is 0 Å². The first-order valence-electron chi connectivity index (χ1n) is 12.6. The summed E-state index contributed by atoms with van der Waals surface area (Å²) < 4.78 is 17.4. The fourth-order valence-electron chi connectivity index (χ4n) is 3.94. The summed E-state index contributed by atoms with van der Waals surface area (Å²) in [5.41, 5.74) is 4.49. The third-order valence-electron chi connectivity index (χ3n) is 5.98. The highest BCUT2D eigenvalue weighted by Crippen LogP contribution is 2.27. The van der Waals surface area contributed by atoms with E-state index in [0.29, 0.717) is 28.4 Å². The predicted octanol–water partition coefficient (Wildman–Crippen LogP) is 6.30. The SMILES string of the molecule is Cc1ccc(C(=O)Oc2ccc3ccccc3c2/C=N/NC(=O)C(Oc2ccccc2)Oc2ccccc2)cc1. The van der Waals surface area contributed by atoms with Crippen molar-refractivity contribution in [3.8, 4) is 17.2 Å². The minimum Gasteiger partial charge on any atom is -0.446 e. The second-order valence-corrected chi connectivity index (χ2v) is 8.88. The lowest BCUT2D eigenvalue weighted by Gasteiger charge is -2.18. The molecule has 0 saturated heterocycles. The van der Waals surface area contributed by atoms with Crippen molar-refractivity contribution in [1.82, 2.24) is 5.43 Å². The topological polar surface area (TPSA) is 86.2 Å². The monoisotopic (exact) mass is 530 g/mol. The molecule has 5 aromatic rings. The second-order valence-electron chi connectivity index (χ2n) is 8.88. The molecular formula is C33H26N2O5. The molecule has 40 heavy (non-hydrogen) atoms. The van der Waals surface area contributed by atoms with Crippen molar-refractivity contribution in [2.75, 3.05) is 0 Å². The van der Waals surface area contributed by atoms with Crippen LogP contribution in [0.5, 0.6) is 17.2 Å². The van der Waals surface area contributed by atoms with Gasteiger partial charge in [0.15, 0.2) is 0 Å². The summed E-state index contributed by atoms with van der Waals surface area (Å²) in [4.78, 5) is 26.0. The number of nitrogens with zero attached hydrogens (tertiary/aromatic N) is 1. The number of amides is 1. The molecule has 0 aliphatic heterocycles. The maximum absolute atomic E-state index is 13.1. The van der Waals surface area contributed by atoms with Crippen LogP contribution in [0.15, 0.2) is 126 Å². The molecule has 0 saturated carbocycles. The van der Waals surface area contributed by atoms with Crippen LogP contribution >= 0.6 is 0 Å². The maximum atomic E-state index is 13.1. The van der Waals surface area contributed by atoms with Crippen molar-refractivity contribution in [3.63, 3.8) is 0 Å². The summed E-state index contributed by atoms with van der Waals surface area (Å²) in [6, 6.07) is 36.1. The molecule has 0 atom stereocenters. The number of carbonyl (C=O) groups is 2. The molecule has 198 valence electrons. The molecular weight excluding hydrogens is 504 g/mol. The van der Waals surface area contributed by atoms with E-state index in [4.69, 9.17) is 14.2 Å². The Labute approximate surface area is 231 Å². The van der Waals surface area contributed by atoms with Gasteiger partial charge in [0.2, 0.25) is 0 Å². The van der Waals surface area contributed by atoms with Gasteiger partial charge < -0.3 is 14.2 Å². The summed E-state index contributed by atoms with van der Waals surface area (Å²) in [5, 5.41) is 5.89. The summed E-state index contributed by atoms with van der Waals surface area (Å²) >= 11 is 0. The third-order valence-corrected chi connectivity index (χ3v) is 5.98. The summed E-state index contributed by atoms with van der Waals surface area (Å²) in [6.07, 6.45) is 0.133. The van der Waals surface area contributed by atoms with E-state index in [1.54, 1.807) is 66.7 Å². The fraction of sp³-hybridized carbons (Fsp3) is 0.0606. The molecule has 5 aromatic carbocycles. The van der Waals surface area contributed by atoms with Crippen LogP contribution in [0, 0.1) is 6.92 Å². The summed E-state index contributed by atoms with van der Waals surface area (Å²) in [7, 11) is 0. The number of rotatable bonds is 9. The van der Waals surface area contributed by atoms with E-state index in [9.17, 15) is 9.59 Å². The molecule has 7 heteroatoms. The Hall–Kier alpha value is -5.43. The number of carbonyl (C=O) groups excluding carboxylic acids is 2. The number of benzene rings is 5. The van der Waals surface area contributed by atoms with Gasteiger partial charge in [-0.3, -0.25) is 4.79 Å². The molecule has 1 amide bonds. The van der Waals surface area contributed by atoms with Crippen LogP contribution in [0.3, 0.4) is 0 Å². The summed E-state index contributed by atoms with van der Waals surface area (Å²) in [5.74, 6) is 0.104. The van der Waals surface area contributed by atoms with Crippen molar-refractivity contribution in [1.29, 1.82) is 0 Å². The first-order chi connectivity index (χ1) is 19.6. The molecule has 7 nitrogen and oxygen atoms in total. The maximum Gasteiger partial charge on any atom is 0.343 e. The molecule has 5 rings (SSSR count). The average Bonchev–Trinajstić information content (AvgIpc) is 2.99. The number of ether oxygens (including phenoxy) is 3. The Bertz CT molecular complexity index is 1590. The first-order valence-corrected chi connectivity index (χ1v) is 12.6. The van der Waals surface area contributed by atoms with Gasteiger partial charge in [0.25, 0.3) is 0 Å². The molecule has 0 aliphatic rings. The van der Waals surface area contributed by atoms with Gasteiger partial charge in [-0.2, -0.15) is 5.10 Å². The van der Waals surface area contributed by atoms with Crippen molar-refractivity contribution in [2.45, 2.75) is 13.2 Å². The minimum absolute atomic E-state index is 0.305. The Balaban J connectivity index is 1.38. The van der Waals surface area contributed by atoms with E-state index in [0.717, 1.165) is 16.3 Å². The lowest BCUT2D eigenvalue weighted by atomic mass is 10.0. The largest absolute Gasteiger partial charge is 0.446 e. The predicted molar refractivity (Wildman–Crippen MR) is 154 cm³/mol. The molecule has 0 aromatic heterocycles. The van der Waals surface area contributed by atoms with Crippen molar-refractivity contribution < 1.29 is 23.8 Å². The zero-order valence-corrected chi connectivity index (χ0v) is 21.7. The molecule has 0 heterocycles. The van der Waals surface area contributed by atoms with Crippen molar-refractivity contribution >= 4 is 28.9 Å². The number of hydrogen-bond acceptors (Lipinski definition) is 6. The lowest BCUT2D eigenvalue weighted by molar-refractivity contribution is -0.140. The van der Waals surface area contributed by atoms with Gasteiger partial charge in [-0.1, -0.05) is 84.4 Å². The molecule has 0 fully saturated rings. The quantitative estimate of drug-likeness (QED) is 0.0795. The molecule has 0 unspecified atom stereocenters. The van der Waals surface area contributed by atoms with Gasteiger partial charge in [0.1, 0.15) is 17.2 Å². The molecule has 0 bridgehead atoms. The summed E-state index contributed by atoms with van der Waals surface area (Å²) in [6.45, 7) is 1.95. The van der Waals surface area contributed by atoms with E-state index in [1.807, 2.05) is 61.5 Å². The van der Waals surface area contributed by atoms with E-state index in [2.05, 4.69) is 10.5 Å². The second kappa shape index (κ2) is 12.4. The smallest absolute Gasteiger partial charge is 0.343 e. The zero-order valence-electron chi connectivity index (χ0n) is 21.7. The van der Waals surface area contributed by atoms with Crippen LogP contribution in [0.4, 0.5) is 0 Å². The van der Waals surface area contributed by atoms with E-state index < -0.39 is 18.2 Å². The van der Waals surface area contributed by atoms with E-state index in [-0.39, 0.29) is 0 Å². The molecule has 0 aliphatic carbocycles. The third kappa shape index (κ3) is 6.52. The molecule has 0 radical (unpaired) electrons. The molecule has 1 N–H and O–H groups in total. The Morgan fingerprint density at radius 2 is 1.32 bits per heavy atom. The van der Waals surface area contributed by atoms with E-state index in [1.165, 1.54) is 6.21 Å². The normalized spacial score (nSPS) is 10.9. The average molecular weight is 531 g/mol. The van der Waals surface area contributed by atoms with Crippen LogP contribution in [-0.2, 0) is 4.79 Å². The van der Waals surface area contributed by atoms with Crippen molar-refractivity contribution in [3.05, 3.63) is 138 Å². The zero-order chi connectivity index (χ0) is 27.7. The number of esters is 1. The number of hydrazone groups is 1. The van der Waals surface area contributed by atoms with Crippen LogP contribution in [0.2, 0.25) is 0 Å². The minimum atomic E-state index is -1.31. The Kier molecular flexibility index (Phi) is 8.12. The first kappa shape index (κ1) is 26.2. The number of nitrogens with one attached hydrogen (secondary N) is 1. The van der Waals surface area contributed by atoms with Gasteiger partial charge in [0.05, 0.1) is 11.8 Å². The molecule has 0 spiro atoms. The fourth-order valence-corrected chi connectivity index (χ4v) is 3.94. The standard InChI is InChI=1S/C33H26N2O5/c1-23-16-18-25(19-17-23)32(37)40-30-21-20-24-10-8-9-15-28(24)29(30)22-34-35-31(36)33(38-26-11-4-2-5-12-26)39-27-13-6-3-7-14-27/h2-22,33H,1H3,(H,35,36)/b34-22+. The van der Waals surface area contributed by atoms with Crippen molar-refractivity contribution in [2.24, 2.45) is 5.10 Å². The van der Waals surface area contributed by atoms with Crippen LogP contribution < -0.4 is 19.6 Å². The van der Waals surface area contributed by atoms with Gasteiger partial charge in [0, 0.05) is 5.56 Å².